The molecule has 4 nitrogen and oxygen atoms in total. The van der Waals surface area contributed by atoms with Gasteiger partial charge in [0.25, 0.3) is 0 Å². The average molecular weight is 189 g/mol. The van der Waals surface area contributed by atoms with E-state index >= 15 is 0 Å². The lowest BCUT2D eigenvalue weighted by atomic mass is 10.1. The third kappa shape index (κ3) is 1.90. The number of pyridine rings is 1. The van der Waals surface area contributed by atoms with Crippen molar-refractivity contribution in [3.8, 4) is 0 Å². The van der Waals surface area contributed by atoms with Crippen molar-refractivity contribution in [2.24, 2.45) is 0 Å². The fourth-order valence-electron chi connectivity index (χ4n) is 1.27. The smallest absolute Gasteiger partial charge is 0.159 e. The van der Waals surface area contributed by atoms with E-state index in [0.717, 1.165) is 18.6 Å². The summed E-state index contributed by atoms with van der Waals surface area (Å²) >= 11 is 0. The quantitative estimate of drug-likeness (QED) is 0.793. The Morgan fingerprint density at radius 1 is 1.21 bits per heavy atom. The van der Waals surface area contributed by atoms with Gasteiger partial charge in [-0.2, -0.15) is 0 Å². The largest absolute Gasteiger partial charge is 0.395 e. The van der Waals surface area contributed by atoms with Crippen molar-refractivity contribution in [2.75, 3.05) is 5.73 Å². The molecule has 2 rings (SSSR count). The van der Waals surface area contributed by atoms with Crippen LogP contribution in [0.5, 0.6) is 0 Å². The number of anilines is 1. The van der Waals surface area contributed by atoms with Gasteiger partial charge in [0.1, 0.15) is 0 Å². The first-order chi connectivity index (χ1) is 6.86. The van der Waals surface area contributed by atoms with Crippen molar-refractivity contribution in [1.82, 2.24) is 10.1 Å². The number of nitrogen functional groups attached to an aromatic ring is 1. The summed E-state index contributed by atoms with van der Waals surface area (Å²) in [4.78, 5) is 3.95. The van der Waals surface area contributed by atoms with E-state index in [-0.39, 0.29) is 0 Å². The normalized spacial score (nSPS) is 10.3. The summed E-state index contributed by atoms with van der Waals surface area (Å²) in [5.41, 5.74) is 7.48. The van der Waals surface area contributed by atoms with Crippen molar-refractivity contribution >= 4 is 5.69 Å². The van der Waals surface area contributed by atoms with Gasteiger partial charge in [-0.05, 0) is 24.1 Å². The van der Waals surface area contributed by atoms with Gasteiger partial charge in [0, 0.05) is 18.8 Å². The minimum atomic E-state index is 0.624. The molecule has 0 bridgehead atoms. The van der Waals surface area contributed by atoms with Crippen molar-refractivity contribution in [3.63, 3.8) is 0 Å². The summed E-state index contributed by atoms with van der Waals surface area (Å²) in [6.07, 6.45) is 6.75. The molecular weight excluding hydrogens is 178 g/mol. The Morgan fingerprint density at radius 3 is 2.64 bits per heavy atom. The third-order valence-corrected chi connectivity index (χ3v) is 2.07. The molecule has 4 heteroatoms. The SMILES string of the molecule is Nc1cnoc1CCc1ccncc1. The van der Waals surface area contributed by atoms with Gasteiger partial charge >= 0.3 is 0 Å². The van der Waals surface area contributed by atoms with Crippen LogP contribution in [-0.4, -0.2) is 10.1 Å². The second kappa shape index (κ2) is 3.91. The van der Waals surface area contributed by atoms with Crippen LogP contribution < -0.4 is 5.73 Å². The monoisotopic (exact) mass is 189 g/mol. The predicted octanol–water partition coefficient (Wildman–Crippen LogP) is 1.44. The number of aromatic nitrogens is 2. The summed E-state index contributed by atoms with van der Waals surface area (Å²) in [6.45, 7) is 0. The lowest BCUT2D eigenvalue weighted by Gasteiger charge is -1.97. The molecule has 2 heterocycles. The highest BCUT2D eigenvalue weighted by Crippen LogP contribution is 2.12. The van der Waals surface area contributed by atoms with E-state index in [0.29, 0.717) is 5.69 Å². The molecule has 0 spiro atoms. The molecule has 0 aliphatic rings. The summed E-state index contributed by atoms with van der Waals surface area (Å²) in [5.74, 6) is 0.752. The van der Waals surface area contributed by atoms with E-state index in [1.54, 1.807) is 12.4 Å². The molecule has 2 N–H and O–H groups in total. The van der Waals surface area contributed by atoms with Crippen molar-refractivity contribution in [1.29, 1.82) is 0 Å². The second-order valence-corrected chi connectivity index (χ2v) is 3.06. The van der Waals surface area contributed by atoms with Gasteiger partial charge in [-0.15, -0.1) is 0 Å². The van der Waals surface area contributed by atoms with Crippen LogP contribution in [0.2, 0.25) is 0 Å². The molecule has 0 saturated carbocycles. The van der Waals surface area contributed by atoms with Crippen LogP contribution in [0, 0.1) is 0 Å². The zero-order valence-electron chi connectivity index (χ0n) is 7.68. The highest BCUT2D eigenvalue weighted by molar-refractivity contribution is 5.38. The van der Waals surface area contributed by atoms with Crippen LogP contribution in [0.15, 0.2) is 35.2 Å². The summed E-state index contributed by atoms with van der Waals surface area (Å²) < 4.78 is 5.00. The first-order valence-electron chi connectivity index (χ1n) is 4.44. The molecule has 0 aliphatic heterocycles. The molecule has 0 atom stereocenters. The predicted molar refractivity (Wildman–Crippen MR) is 52.6 cm³/mol. The molecule has 0 aromatic carbocycles. The highest BCUT2D eigenvalue weighted by Gasteiger charge is 2.04. The van der Waals surface area contributed by atoms with Crippen LogP contribution in [0.25, 0.3) is 0 Å². The first kappa shape index (κ1) is 8.74. The maximum atomic E-state index is 5.64. The number of nitrogens with two attached hydrogens (primary N) is 1. The Hall–Kier alpha value is -1.84. The number of hydrogen-bond acceptors (Lipinski definition) is 4. The minimum Gasteiger partial charge on any atom is -0.395 e. The Balaban J connectivity index is 1.99. The van der Waals surface area contributed by atoms with Gasteiger partial charge in [-0.3, -0.25) is 4.98 Å². The first-order valence-corrected chi connectivity index (χ1v) is 4.44. The van der Waals surface area contributed by atoms with Crippen LogP contribution in [-0.2, 0) is 12.8 Å². The number of rotatable bonds is 3. The minimum absolute atomic E-state index is 0.624. The van der Waals surface area contributed by atoms with Gasteiger partial charge in [-0.25, -0.2) is 0 Å². The van der Waals surface area contributed by atoms with Crippen LogP contribution in [0.1, 0.15) is 11.3 Å². The van der Waals surface area contributed by atoms with Crippen molar-refractivity contribution in [2.45, 2.75) is 12.8 Å². The standard InChI is InChI=1S/C10H11N3O/c11-9-7-13-14-10(9)2-1-8-3-5-12-6-4-8/h3-7H,1-2,11H2. The maximum absolute atomic E-state index is 5.64. The van der Waals surface area contributed by atoms with Gasteiger partial charge in [0.05, 0.1) is 11.9 Å². The highest BCUT2D eigenvalue weighted by atomic mass is 16.5. The summed E-state index contributed by atoms with van der Waals surface area (Å²) in [6, 6.07) is 3.96. The third-order valence-electron chi connectivity index (χ3n) is 2.07. The maximum Gasteiger partial charge on any atom is 0.159 e. The van der Waals surface area contributed by atoms with Crippen molar-refractivity contribution in [3.05, 3.63) is 42.0 Å². The second-order valence-electron chi connectivity index (χ2n) is 3.06. The molecule has 72 valence electrons. The molecule has 0 saturated heterocycles. The fourth-order valence-corrected chi connectivity index (χ4v) is 1.27. The number of hydrogen-bond donors (Lipinski definition) is 1. The molecule has 2 aromatic rings. The lowest BCUT2D eigenvalue weighted by Crippen LogP contribution is -1.93. The fraction of sp³-hybridized carbons (Fsp3) is 0.200. The average Bonchev–Trinajstić information content (AvgIpc) is 2.63. The number of aryl methyl sites for hydroxylation is 2. The molecular formula is C10H11N3O. The Kier molecular flexibility index (Phi) is 2.44. The molecule has 0 unspecified atom stereocenters. The van der Waals surface area contributed by atoms with Crippen LogP contribution >= 0.6 is 0 Å². The van der Waals surface area contributed by atoms with Crippen LogP contribution in [0.3, 0.4) is 0 Å². The van der Waals surface area contributed by atoms with Crippen molar-refractivity contribution < 1.29 is 4.52 Å². The number of nitrogens with zero attached hydrogens (tertiary/aromatic N) is 2. The lowest BCUT2D eigenvalue weighted by molar-refractivity contribution is 0.384. The Labute approximate surface area is 81.7 Å². The van der Waals surface area contributed by atoms with Gasteiger partial charge in [0.2, 0.25) is 0 Å². The van der Waals surface area contributed by atoms with E-state index in [2.05, 4.69) is 10.1 Å². The van der Waals surface area contributed by atoms with E-state index in [1.165, 1.54) is 11.8 Å². The van der Waals surface area contributed by atoms with Gasteiger partial charge in [-0.1, -0.05) is 5.16 Å². The Morgan fingerprint density at radius 2 is 2.00 bits per heavy atom. The van der Waals surface area contributed by atoms with E-state index in [4.69, 9.17) is 10.3 Å². The van der Waals surface area contributed by atoms with E-state index < -0.39 is 0 Å². The van der Waals surface area contributed by atoms with Gasteiger partial charge < -0.3 is 10.3 Å². The van der Waals surface area contributed by atoms with E-state index in [1.807, 2.05) is 12.1 Å². The Bertz CT molecular complexity index is 397. The summed E-state index contributed by atoms with van der Waals surface area (Å²) in [7, 11) is 0. The van der Waals surface area contributed by atoms with Gasteiger partial charge in [0.15, 0.2) is 5.76 Å². The molecule has 0 fully saturated rings. The summed E-state index contributed by atoms with van der Waals surface area (Å²) in [5, 5.41) is 3.62. The molecule has 0 aliphatic carbocycles. The molecule has 0 amide bonds. The molecule has 2 aromatic heterocycles. The molecule has 14 heavy (non-hydrogen) atoms. The topological polar surface area (TPSA) is 64.9 Å². The zero-order chi connectivity index (χ0) is 9.80. The molecule has 0 radical (unpaired) electrons. The van der Waals surface area contributed by atoms with E-state index in [9.17, 15) is 0 Å². The van der Waals surface area contributed by atoms with Crippen LogP contribution in [0.4, 0.5) is 5.69 Å². The zero-order valence-corrected chi connectivity index (χ0v) is 7.68.